The average Bonchev–Trinajstić information content (AvgIpc) is 2.99. The van der Waals surface area contributed by atoms with E-state index in [0.717, 1.165) is 19.3 Å². The van der Waals surface area contributed by atoms with Crippen LogP contribution in [0.3, 0.4) is 0 Å². The zero-order valence-electron chi connectivity index (χ0n) is 25.0. The molecule has 10 nitrogen and oxygen atoms in total. The number of nitrogens with one attached hydrogen (secondary N) is 1. The summed E-state index contributed by atoms with van der Waals surface area (Å²) in [6, 6.07) is 2.72. The monoisotopic (exact) mass is 700 g/mol. The second-order valence-electron chi connectivity index (χ2n) is 12.3. The molecular formula is C31H45IN2O8. The fourth-order valence-electron chi connectivity index (χ4n) is 7.08. The Morgan fingerprint density at radius 3 is 2.57 bits per heavy atom. The molecule has 0 aromatic heterocycles. The first-order chi connectivity index (χ1) is 20.0. The molecule has 0 saturated heterocycles. The molecule has 0 radical (unpaired) electrons. The molecule has 1 aromatic rings. The van der Waals surface area contributed by atoms with E-state index in [2.05, 4.69) is 41.8 Å². The minimum Gasteiger partial charge on any atom is -0.493 e. The van der Waals surface area contributed by atoms with Crippen molar-refractivity contribution >= 4 is 34.4 Å². The van der Waals surface area contributed by atoms with Gasteiger partial charge in [0.2, 0.25) is 11.8 Å². The summed E-state index contributed by atoms with van der Waals surface area (Å²) in [5.74, 6) is 1.77. The number of benzene rings is 1. The number of methoxy groups -OCH3 is 2. The number of hydrogen-bond acceptors (Lipinski definition) is 8. The number of hydrogen-bond donors (Lipinski definition) is 4. The first kappa shape index (κ1) is 33.0. The summed E-state index contributed by atoms with van der Waals surface area (Å²) in [6.45, 7) is 5.09. The van der Waals surface area contributed by atoms with Gasteiger partial charge in [-0.25, -0.2) is 0 Å². The van der Waals surface area contributed by atoms with Crippen molar-refractivity contribution in [1.29, 1.82) is 0 Å². The lowest BCUT2D eigenvalue weighted by Crippen LogP contribution is -2.59. The molecule has 234 valence electrons. The van der Waals surface area contributed by atoms with E-state index in [1.807, 2.05) is 0 Å². The highest BCUT2D eigenvalue weighted by molar-refractivity contribution is 14.1. The van der Waals surface area contributed by atoms with E-state index in [0.29, 0.717) is 50.5 Å². The van der Waals surface area contributed by atoms with E-state index in [4.69, 9.17) is 14.2 Å². The second kappa shape index (κ2) is 14.2. The maximum atomic E-state index is 13.7. The van der Waals surface area contributed by atoms with Crippen LogP contribution in [0.2, 0.25) is 0 Å². The normalized spacial score (nSPS) is 27.9. The Bertz CT molecular complexity index is 1160. The molecule has 1 aromatic carbocycles. The van der Waals surface area contributed by atoms with E-state index in [-0.39, 0.29) is 56.4 Å². The third-order valence-corrected chi connectivity index (χ3v) is 10.4. The average molecular weight is 701 g/mol. The van der Waals surface area contributed by atoms with Gasteiger partial charge in [-0.05, 0) is 88.8 Å². The van der Waals surface area contributed by atoms with Crippen LogP contribution >= 0.6 is 22.6 Å². The van der Waals surface area contributed by atoms with Crippen LogP contribution in [0.15, 0.2) is 23.8 Å². The fraction of sp³-hybridized carbons (Fsp3) is 0.677. The van der Waals surface area contributed by atoms with E-state index < -0.39 is 18.2 Å². The third-order valence-electron chi connectivity index (χ3n) is 9.61. The predicted molar refractivity (Wildman–Crippen MR) is 165 cm³/mol. The highest BCUT2D eigenvalue weighted by atomic mass is 127. The van der Waals surface area contributed by atoms with Gasteiger partial charge >= 0.3 is 0 Å². The number of amides is 2. The standard InChI is InChI=1S/C31H45IN2O8/c1-31(2)21-6-5-19(22(31)15-21)16-34(27(37)7-10-40-3)24-13-20(30(39)33-8-9-35)14-25(28(24)38)42-29-23(32)11-18(17-36)12-26(29)41-4/h11-12,14,19,21-22,24-25,28,35-36,38H,5-10,13,15-17H2,1-4H3,(H,33,39)/t19-,21-,22-,24+,25-,28-/m0/s1. The summed E-state index contributed by atoms with van der Waals surface area (Å²) in [4.78, 5) is 28.7. The number of aliphatic hydroxyl groups excluding tert-OH is 3. The number of ether oxygens (including phenoxy) is 3. The summed E-state index contributed by atoms with van der Waals surface area (Å²) in [7, 11) is 3.05. The summed E-state index contributed by atoms with van der Waals surface area (Å²) >= 11 is 2.09. The van der Waals surface area contributed by atoms with Crippen LogP contribution in [0.1, 0.15) is 51.5 Å². The Balaban J connectivity index is 1.68. The number of halogens is 1. The van der Waals surface area contributed by atoms with Crippen LogP contribution in [0, 0.1) is 26.7 Å². The SMILES string of the molecule is COCCC(=O)N(C[C@@H]1CC[C@H]2C[C@@H]1C2(C)C)[C@@H]1CC(C(=O)NCCO)=C[C@H](Oc2c(I)cc(CO)cc2OC)[C@H]1O. The van der Waals surface area contributed by atoms with Crippen molar-refractivity contribution < 1.29 is 39.1 Å². The number of nitrogens with zero attached hydrogens (tertiary/aromatic N) is 1. The van der Waals surface area contributed by atoms with Crippen LogP contribution in [0.5, 0.6) is 11.5 Å². The molecule has 4 aliphatic rings. The fourth-order valence-corrected chi connectivity index (χ4v) is 7.88. The lowest BCUT2D eigenvalue weighted by atomic mass is 9.45. The van der Waals surface area contributed by atoms with Gasteiger partial charge in [0, 0.05) is 32.2 Å². The zero-order chi connectivity index (χ0) is 30.6. The molecule has 4 aliphatic carbocycles. The maximum Gasteiger partial charge on any atom is 0.247 e. The molecule has 2 amide bonds. The molecule has 2 bridgehead atoms. The highest BCUT2D eigenvalue weighted by Crippen LogP contribution is 2.61. The molecule has 11 heteroatoms. The molecular weight excluding hydrogens is 655 g/mol. The first-order valence-electron chi connectivity index (χ1n) is 14.8. The van der Waals surface area contributed by atoms with Crippen LogP contribution in [-0.2, 0) is 20.9 Å². The summed E-state index contributed by atoms with van der Waals surface area (Å²) in [5.41, 5.74) is 1.25. The Kier molecular flexibility index (Phi) is 11.2. The Labute approximate surface area is 261 Å². The first-order valence-corrected chi connectivity index (χ1v) is 15.8. The van der Waals surface area contributed by atoms with Crippen molar-refractivity contribution in [3.8, 4) is 11.5 Å². The molecule has 0 heterocycles. The van der Waals surface area contributed by atoms with Gasteiger partial charge in [0.05, 0.1) is 43.0 Å². The molecule has 0 aliphatic heterocycles. The Morgan fingerprint density at radius 2 is 1.95 bits per heavy atom. The largest absolute Gasteiger partial charge is 0.493 e. The second-order valence-corrected chi connectivity index (χ2v) is 13.4. The van der Waals surface area contributed by atoms with Gasteiger partial charge < -0.3 is 39.7 Å². The number of carbonyl (C=O) groups is 2. The van der Waals surface area contributed by atoms with Crippen molar-refractivity contribution in [2.24, 2.45) is 23.2 Å². The van der Waals surface area contributed by atoms with Gasteiger partial charge in [0.25, 0.3) is 0 Å². The molecule has 3 fully saturated rings. The molecule has 3 saturated carbocycles. The smallest absolute Gasteiger partial charge is 0.247 e. The lowest BCUT2D eigenvalue weighted by Gasteiger charge is -2.61. The van der Waals surface area contributed by atoms with Crippen molar-refractivity contribution in [2.45, 2.75) is 70.8 Å². The van der Waals surface area contributed by atoms with Crippen LogP contribution in [-0.4, -0.2) is 90.8 Å². The predicted octanol–water partition coefficient (Wildman–Crippen LogP) is 2.65. The number of rotatable bonds is 13. The van der Waals surface area contributed by atoms with E-state index in [1.54, 1.807) is 30.2 Å². The Morgan fingerprint density at radius 1 is 1.19 bits per heavy atom. The molecule has 6 atom stereocenters. The number of carbonyl (C=O) groups excluding carboxylic acids is 2. The van der Waals surface area contributed by atoms with E-state index >= 15 is 0 Å². The maximum absolute atomic E-state index is 13.7. The zero-order valence-corrected chi connectivity index (χ0v) is 27.1. The molecule has 4 N–H and O–H groups in total. The van der Waals surface area contributed by atoms with Crippen LogP contribution < -0.4 is 14.8 Å². The summed E-state index contributed by atoms with van der Waals surface area (Å²) in [5, 5.41) is 33.5. The molecule has 5 rings (SSSR count). The summed E-state index contributed by atoms with van der Waals surface area (Å²) < 4.78 is 17.8. The van der Waals surface area contributed by atoms with Crippen molar-refractivity contribution in [1.82, 2.24) is 10.2 Å². The molecule has 0 unspecified atom stereocenters. The van der Waals surface area contributed by atoms with Gasteiger partial charge in [-0.2, -0.15) is 0 Å². The quantitative estimate of drug-likeness (QED) is 0.231. The van der Waals surface area contributed by atoms with E-state index in [1.165, 1.54) is 7.11 Å². The number of fused-ring (bicyclic) bond motifs is 2. The van der Waals surface area contributed by atoms with Gasteiger partial charge in [-0.1, -0.05) is 13.8 Å². The van der Waals surface area contributed by atoms with E-state index in [9.17, 15) is 24.9 Å². The lowest BCUT2D eigenvalue weighted by molar-refractivity contribution is -0.149. The van der Waals surface area contributed by atoms with Crippen molar-refractivity contribution in [3.63, 3.8) is 0 Å². The Hall–Kier alpha value is -1.93. The topological polar surface area (TPSA) is 138 Å². The third kappa shape index (κ3) is 6.90. The summed E-state index contributed by atoms with van der Waals surface area (Å²) in [6.07, 6.45) is 3.14. The minimum atomic E-state index is -1.13. The van der Waals surface area contributed by atoms with Gasteiger partial charge in [0.15, 0.2) is 11.5 Å². The van der Waals surface area contributed by atoms with Gasteiger partial charge in [0.1, 0.15) is 12.2 Å². The van der Waals surface area contributed by atoms with Crippen LogP contribution in [0.25, 0.3) is 0 Å². The molecule has 0 spiro atoms. The molecule has 42 heavy (non-hydrogen) atoms. The number of aliphatic hydroxyl groups is 3. The minimum absolute atomic E-state index is 0.0831. The van der Waals surface area contributed by atoms with Crippen molar-refractivity contribution in [2.75, 3.05) is 40.5 Å². The van der Waals surface area contributed by atoms with Crippen LogP contribution in [0.4, 0.5) is 0 Å². The van der Waals surface area contributed by atoms with Gasteiger partial charge in [-0.15, -0.1) is 0 Å². The van der Waals surface area contributed by atoms with Crippen molar-refractivity contribution in [3.05, 3.63) is 32.9 Å². The highest BCUT2D eigenvalue weighted by Gasteiger charge is 2.55. The van der Waals surface area contributed by atoms with Gasteiger partial charge in [-0.3, -0.25) is 9.59 Å².